The second kappa shape index (κ2) is 3.28. The van der Waals surface area contributed by atoms with E-state index in [-0.39, 0.29) is 0 Å². The number of benzene rings is 1. The summed E-state index contributed by atoms with van der Waals surface area (Å²) in [6.45, 7) is 0. The molecule has 0 bridgehead atoms. The van der Waals surface area contributed by atoms with Gasteiger partial charge in [0.25, 0.3) is 0 Å². The van der Waals surface area contributed by atoms with Gasteiger partial charge in [0.2, 0.25) is 0 Å². The summed E-state index contributed by atoms with van der Waals surface area (Å²) in [7, 11) is 0. The average Bonchev–Trinajstić information content (AvgIpc) is 2.54. The van der Waals surface area contributed by atoms with Crippen molar-refractivity contribution in [2.45, 2.75) is 30.6 Å². The van der Waals surface area contributed by atoms with Crippen molar-refractivity contribution in [3.8, 4) is 0 Å². The lowest BCUT2D eigenvalue weighted by atomic mass is 9.96. The molecular formula is C12H12S2. The molecule has 0 fully saturated rings. The van der Waals surface area contributed by atoms with Gasteiger partial charge in [0.05, 0.1) is 0 Å². The van der Waals surface area contributed by atoms with Crippen LogP contribution in [0.1, 0.15) is 23.3 Å². The van der Waals surface area contributed by atoms with Crippen molar-refractivity contribution in [3.05, 3.63) is 28.6 Å². The van der Waals surface area contributed by atoms with Crippen molar-refractivity contribution in [1.29, 1.82) is 0 Å². The van der Waals surface area contributed by atoms with Gasteiger partial charge in [0, 0.05) is 14.5 Å². The molecule has 2 aromatic rings. The minimum absolute atomic E-state index is 1.08. The van der Waals surface area contributed by atoms with Gasteiger partial charge in [-0.05, 0) is 48.8 Å². The topological polar surface area (TPSA) is 0 Å². The van der Waals surface area contributed by atoms with Crippen molar-refractivity contribution in [2.24, 2.45) is 0 Å². The summed E-state index contributed by atoms with van der Waals surface area (Å²) in [5.74, 6) is 0. The van der Waals surface area contributed by atoms with Gasteiger partial charge in [-0.15, -0.1) is 24.0 Å². The van der Waals surface area contributed by atoms with Crippen LogP contribution in [0.5, 0.6) is 0 Å². The normalized spacial score (nSPS) is 15.8. The van der Waals surface area contributed by atoms with E-state index in [0.29, 0.717) is 0 Å². The Bertz CT molecular complexity index is 482. The highest BCUT2D eigenvalue weighted by atomic mass is 32.1. The number of aryl methyl sites for hydroxylation is 2. The van der Waals surface area contributed by atoms with Crippen molar-refractivity contribution < 1.29 is 0 Å². The maximum Gasteiger partial charge on any atom is 0.0359 e. The van der Waals surface area contributed by atoms with Crippen LogP contribution in [0.3, 0.4) is 0 Å². The molecule has 0 spiro atoms. The number of thiol groups is 1. The lowest BCUT2D eigenvalue weighted by molar-refractivity contribution is 0.700. The van der Waals surface area contributed by atoms with Gasteiger partial charge in [0.15, 0.2) is 0 Å². The maximum atomic E-state index is 4.38. The molecule has 1 aliphatic rings. The molecule has 0 saturated carbocycles. The predicted molar refractivity (Wildman–Crippen MR) is 65.7 cm³/mol. The first-order chi connectivity index (χ1) is 6.84. The minimum atomic E-state index is 1.08. The van der Waals surface area contributed by atoms with Crippen LogP contribution < -0.4 is 0 Å². The molecule has 0 radical (unpaired) electrons. The van der Waals surface area contributed by atoms with Crippen LogP contribution in [0.15, 0.2) is 23.1 Å². The second-order valence-electron chi connectivity index (χ2n) is 3.89. The Morgan fingerprint density at radius 3 is 2.93 bits per heavy atom. The molecule has 0 unspecified atom stereocenters. The Morgan fingerprint density at radius 2 is 2.00 bits per heavy atom. The van der Waals surface area contributed by atoms with Crippen LogP contribution >= 0.6 is 24.0 Å². The van der Waals surface area contributed by atoms with E-state index in [9.17, 15) is 0 Å². The Kier molecular flexibility index (Phi) is 2.06. The molecule has 3 rings (SSSR count). The third kappa shape index (κ3) is 1.29. The summed E-state index contributed by atoms with van der Waals surface area (Å²) in [4.78, 5) is 2.70. The van der Waals surface area contributed by atoms with E-state index in [1.165, 1.54) is 35.8 Å². The van der Waals surface area contributed by atoms with E-state index in [1.54, 1.807) is 10.4 Å². The molecule has 1 aromatic carbocycles. The standard InChI is InChI=1S/C12H12S2/c13-8-5-6-10-9-3-1-2-4-11(9)14-12(10)7-8/h5-7,13H,1-4H2. The number of hydrogen-bond acceptors (Lipinski definition) is 2. The third-order valence-electron chi connectivity index (χ3n) is 2.94. The van der Waals surface area contributed by atoms with Crippen LogP contribution in [0.4, 0.5) is 0 Å². The van der Waals surface area contributed by atoms with Gasteiger partial charge >= 0.3 is 0 Å². The number of fused-ring (bicyclic) bond motifs is 3. The quantitative estimate of drug-likeness (QED) is 0.636. The zero-order chi connectivity index (χ0) is 9.54. The monoisotopic (exact) mass is 220 g/mol. The SMILES string of the molecule is Sc1ccc2c3c(sc2c1)CCCC3. The van der Waals surface area contributed by atoms with Crippen LogP contribution in [0, 0.1) is 0 Å². The molecule has 0 N–H and O–H groups in total. The van der Waals surface area contributed by atoms with Crippen molar-refractivity contribution in [3.63, 3.8) is 0 Å². The smallest absolute Gasteiger partial charge is 0.0359 e. The first-order valence-electron chi connectivity index (χ1n) is 5.08. The molecule has 0 atom stereocenters. The fraction of sp³-hybridized carbons (Fsp3) is 0.333. The van der Waals surface area contributed by atoms with Crippen LogP contribution in [0.2, 0.25) is 0 Å². The molecule has 72 valence electrons. The largest absolute Gasteiger partial charge is 0.143 e. The summed E-state index contributed by atoms with van der Waals surface area (Å²) in [6.07, 6.45) is 5.30. The van der Waals surface area contributed by atoms with Crippen molar-refractivity contribution in [2.75, 3.05) is 0 Å². The van der Waals surface area contributed by atoms with Gasteiger partial charge in [0.1, 0.15) is 0 Å². The fourth-order valence-corrected chi connectivity index (χ4v) is 3.88. The molecule has 0 saturated heterocycles. The number of hydrogen-bond donors (Lipinski definition) is 1. The zero-order valence-electron chi connectivity index (χ0n) is 7.92. The molecule has 0 aliphatic heterocycles. The van der Waals surface area contributed by atoms with E-state index in [4.69, 9.17) is 0 Å². The van der Waals surface area contributed by atoms with E-state index in [0.717, 1.165) is 4.90 Å². The molecule has 0 amide bonds. The lowest BCUT2D eigenvalue weighted by Crippen LogP contribution is -1.97. The summed E-state index contributed by atoms with van der Waals surface area (Å²) in [6, 6.07) is 6.53. The van der Waals surface area contributed by atoms with E-state index < -0.39 is 0 Å². The fourth-order valence-electron chi connectivity index (χ4n) is 2.25. The van der Waals surface area contributed by atoms with Crippen LogP contribution in [-0.2, 0) is 12.8 Å². The van der Waals surface area contributed by atoms with Gasteiger partial charge in [-0.3, -0.25) is 0 Å². The summed E-state index contributed by atoms with van der Waals surface area (Å²) in [5.41, 5.74) is 1.62. The van der Waals surface area contributed by atoms with Gasteiger partial charge < -0.3 is 0 Å². The highest BCUT2D eigenvalue weighted by Crippen LogP contribution is 2.37. The second-order valence-corrected chi connectivity index (χ2v) is 5.54. The first kappa shape index (κ1) is 8.81. The molecule has 0 nitrogen and oxygen atoms in total. The molecule has 1 heterocycles. The van der Waals surface area contributed by atoms with E-state index in [2.05, 4.69) is 30.8 Å². The molecule has 1 aromatic heterocycles. The molecule has 14 heavy (non-hydrogen) atoms. The molecule has 2 heteroatoms. The summed E-state index contributed by atoms with van der Waals surface area (Å²) < 4.78 is 1.42. The van der Waals surface area contributed by atoms with E-state index in [1.807, 2.05) is 11.3 Å². The molecule has 1 aliphatic carbocycles. The maximum absolute atomic E-state index is 4.38. The Morgan fingerprint density at radius 1 is 1.14 bits per heavy atom. The first-order valence-corrected chi connectivity index (χ1v) is 6.34. The number of thiophene rings is 1. The number of rotatable bonds is 0. The minimum Gasteiger partial charge on any atom is -0.143 e. The Balaban J connectivity index is 2.31. The van der Waals surface area contributed by atoms with Gasteiger partial charge in [-0.2, -0.15) is 0 Å². The van der Waals surface area contributed by atoms with Crippen LogP contribution in [0.25, 0.3) is 10.1 Å². The zero-order valence-corrected chi connectivity index (χ0v) is 9.63. The average molecular weight is 220 g/mol. The Hall–Kier alpha value is -0.470. The lowest BCUT2D eigenvalue weighted by Gasteiger charge is -2.09. The highest BCUT2D eigenvalue weighted by molar-refractivity contribution is 7.80. The van der Waals surface area contributed by atoms with Crippen molar-refractivity contribution >= 4 is 34.1 Å². The summed E-state index contributed by atoms with van der Waals surface area (Å²) in [5, 5.41) is 1.47. The van der Waals surface area contributed by atoms with Gasteiger partial charge in [-0.25, -0.2) is 0 Å². The predicted octanol–water partition coefficient (Wildman–Crippen LogP) is 4.07. The van der Waals surface area contributed by atoms with E-state index >= 15 is 0 Å². The summed E-state index contributed by atoms with van der Waals surface area (Å²) >= 11 is 6.35. The third-order valence-corrected chi connectivity index (χ3v) is 4.47. The molecular weight excluding hydrogens is 208 g/mol. The Labute approximate surface area is 93.4 Å². The van der Waals surface area contributed by atoms with Crippen molar-refractivity contribution in [1.82, 2.24) is 0 Å². The van der Waals surface area contributed by atoms with Crippen LogP contribution in [-0.4, -0.2) is 0 Å². The van der Waals surface area contributed by atoms with Gasteiger partial charge in [-0.1, -0.05) is 6.07 Å². The highest BCUT2D eigenvalue weighted by Gasteiger charge is 2.15.